The highest BCUT2D eigenvalue weighted by molar-refractivity contribution is 7.17. The van der Waals surface area contributed by atoms with Crippen LogP contribution < -0.4 is 5.32 Å². The van der Waals surface area contributed by atoms with Gasteiger partial charge in [-0.3, -0.25) is 4.90 Å². The molecule has 1 fully saturated rings. The van der Waals surface area contributed by atoms with E-state index in [-0.39, 0.29) is 24.8 Å². The number of hydrogen-bond donors (Lipinski definition) is 1. The first-order valence-corrected chi connectivity index (χ1v) is 7.80. The van der Waals surface area contributed by atoms with Crippen LogP contribution in [0.1, 0.15) is 18.0 Å². The normalized spacial score (nSPS) is 16.8. The minimum Gasteiger partial charge on any atom is -0.314 e. The molecule has 3 rings (SSSR count). The summed E-state index contributed by atoms with van der Waals surface area (Å²) >= 11 is 1.86. The van der Waals surface area contributed by atoms with Gasteiger partial charge in [0.05, 0.1) is 0 Å². The summed E-state index contributed by atoms with van der Waals surface area (Å²) in [5.74, 6) is 0. The number of halogens is 2. The van der Waals surface area contributed by atoms with Crippen molar-refractivity contribution in [3.05, 3.63) is 47.9 Å². The lowest BCUT2D eigenvalue weighted by Crippen LogP contribution is -2.45. The summed E-state index contributed by atoms with van der Waals surface area (Å²) in [5, 5.41) is 7.18. The van der Waals surface area contributed by atoms with E-state index in [9.17, 15) is 0 Å². The third kappa shape index (κ3) is 3.99. The van der Waals surface area contributed by atoms with Crippen molar-refractivity contribution in [3.63, 3.8) is 0 Å². The quantitative estimate of drug-likeness (QED) is 0.833. The van der Waals surface area contributed by atoms with Gasteiger partial charge in [-0.2, -0.15) is 0 Å². The number of rotatable bonds is 4. The summed E-state index contributed by atoms with van der Waals surface area (Å²) in [6.07, 6.45) is 3.08. The van der Waals surface area contributed by atoms with Gasteiger partial charge in [0, 0.05) is 36.9 Å². The van der Waals surface area contributed by atoms with Crippen LogP contribution in [0.15, 0.2) is 42.3 Å². The van der Waals surface area contributed by atoms with Gasteiger partial charge in [0.25, 0.3) is 0 Å². The average molecular weight is 345 g/mol. The van der Waals surface area contributed by atoms with E-state index >= 15 is 0 Å². The second-order valence-corrected chi connectivity index (χ2v) is 5.92. The van der Waals surface area contributed by atoms with Crippen LogP contribution in [0.3, 0.4) is 0 Å². The molecule has 2 nitrogen and oxygen atoms in total. The van der Waals surface area contributed by atoms with Crippen molar-refractivity contribution in [2.24, 2.45) is 0 Å². The molecule has 1 aromatic heterocycles. The molecule has 1 aliphatic heterocycles. The molecule has 1 saturated heterocycles. The Hall–Kier alpha value is -0.580. The third-order valence-electron chi connectivity index (χ3n) is 3.85. The van der Waals surface area contributed by atoms with Gasteiger partial charge in [0.15, 0.2) is 0 Å². The van der Waals surface area contributed by atoms with Crippen molar-refractivity contribution in [2.75, 3.05) is 26.2 Å². The largest absolute Gasteiger partial charge is 0.314 e. The van der Waals surface area contributed by atoms with Gasteiger partial charge >= 0.3 is 0 Å². The van der Waals surface area contributed by atoms with Crippen LogP contribution in [-0.2, 0) is 0 Å². The molecule has 0 bridgehead atoms. The Morgan fingerprint density at radius 3 is 2.67 bits per heavy atom. The van der Waals surface area contributed by atoms with Gasteiger partial charge in [-0.15, -0.1) is 42.7 Å². The molecular weight excluding hydrogens is 323 g/mol. The number of piperazine rings is 1. The SMILES string of the molecule is C=CC[C@H](c1csc2ccccc12)N1CCNCC1.Cl.Cl. The lowest BCUT2D eigenvalue weighted by atomic mass is 10.0. The Labute approximate surface area is 143 Å². The minimum atomic E-state index is 0. The van der Waals surface area contributed by atoms with Crippen LogP contribution in [0, 0.1) is 0 Å². The highest BCUT2D eigenvalue weighted by atomic mass is 35.5. The molecule has 116 valence electrons. The summed E-state index contributed by atoms with van der Waals surface area (Å²) in [7, 11) is 0. The Morgan fingerprint density at radius 1 is 1.24 bits per heavy atom. The molecule has 0 unspecified atom stereocenters. The molecule has 0 radical (unpaired) electrons. The highest BCUT2D eigenvalue weighted by Crippen LogP contribution is 2.35. The standard InChI is InChI=1S/C16H20N2S.2ClH/c1-2-5-15(18-10-8-17-9-11-18)14-12-19-16-7-4-3-6-13(14)16;;/h2-4,6-7,12,15,17H,1,5,8-11H2;2*1H/t15-;;/m1../s1. The van der Waals surface area contributed by atoms with Crippen molar-refractivity contribution in [1.29, 1.82) is 0 Å². The smallest absolute Gasteiger partial charge is 0.0397 e. The molecule has 2 aromatic rings. The van der Waals surface area contributed by atoms with E-state index in [0.717, 1.165) is 32.6 Å². The predicted octanol–water partition coefficient (Wildman–Crippen LogP) is 4.27. The minimum absolute atomic E-state index is 0. The van der Waals surface area contributed by atoms with E-state index in [2.05, 4.69) is 52.5 Å². The average Bonchev–Trinajstić information content (AvgIpc) is 2.89. The van der Waals surface area contributed by atoms with Crippen LogP contribution in [0.25, 0.3) is 10.1 Å². The Bertz CT molecular complexity index is 564. The van der Waals surface area contributed by atoms with E-state index in [0.29, 0.717) is 6.04 Å². The van der Waals surface area contributed by atoms with Gasteiger partial charge in [-0.05, 0) is 28.8 Å². The predicted molar refractivity (Wildman–Crippen MR) is 98.3 cm³/mol. The summed E-state index contributed by atoms with van der Waals surface area (Å²) in [5.41, 5.74) is 1.47. The van der Waals surface area contributed by atoms with E-state index < -0.39 is 0 Å². The van der Waals surface area contributed by atoms with Crippen molar-refractivity contribution < 1.29 is 0 Å². The fourth-order valence-electron chi connectivity index (χ4n) is 2.88. The number of benzene rings is 1. The molecule has 0 spiro atoms. The van der Waals surface area contributed by atoms with E-state index in [1.165, 1.54) is 15.6 Å². The molecule has 1 atom stereocenters. The number of hydrogen-bond acceptors (Lipinski definition) is 3. The van der Waals surface area contributed by atoms with Crippen molar-refractivity contribution in [1.82, 2.24) is 10.2 Å². The zero-order valence-corrected chi connectivity index (χ0v) is 14.4. The van der Waals surface area contributed by atoms with E-state index in [1.54, 1.807) is 0 Å². The van der Waals surface area contributed by atoms with Gasteiger partial charge in [-0.1, -0.05) is 24.3 Å². The molecule has 0 aliphatic carbocycles. The monoisotopic (exact) mass is 344 g/mol. The fourth-order valence-corrected chi connectivity index (χ4v) is 3.89. The molecule has 0 saturated carbocycles. The zero-order valence-electron chi connectivity index (χ0n) is 12.0. The third-order valence-corrected chi connectivity index (χ3v) is 4.83. The maximum Gasteiger partial charge on any atom is 0.0397 e. The summed E-state index contributed by atoms with van der Waals surface area (Å²) < 4.78 is 1.39. The lowest BCUT2D eigenvalue weighted by Gasteiger charge is -2.34. The maximum atomic E-state index is 3.95. The number of nitrogens with one attached hydrogen (secondary N) is 1. The summed E-state index contributed by atoms with van der Waals surface area (Å²) in [6.45, 7) is 8.39. The first-order valence-electron chi connectivity index (χ1n) is 6.92. The Kier molecular flexibility index (Phi) is 7.71. The molecular formula is C16H22Cl2N2S. The van der Waals surface area contributed by atoms with Crippen molar-refractivity contribution in [2.45, 2.75) is 12.5 Å². The highest BCUT2D eigenvalue weighted by Gasteiger charge is 2.23. The topological polar surface area (TPSA) is 15.3 Å². The molecule has 1 aliphatic rings. The maximum absolute atomic E-state index is 3.95. The Morgan fingerprint density at radius 2 is 1.95 bits per heavy atom. The van der Waals surface area contributed by atoms with Crippen molar-refractivity contribution in [3.8, 4) is 0 Å². The first-order chi connectivity index (χ1) is 9.40. The van der Waals surface area contributed by atoms with Crippen LogP contribution in [-0.4, -0.2) is 31.1 Å². The molecule has 21 heavy (non-hydrogen) atoms. The number of fused-ring (bicyclic) bond motifs is 1. The zero-order chi connectivity index (χ0) is 13.1. The molecule has 0 amide bonds. The Balaban J connectivity index is 0.00000110. The van der Waals surface area contributed by atoms with Crippen LogP contribution in [0.4, 0.5) is 0 Å². The van der Waals surface area contributed by atoms with Crippen LogP contribution in [0.2, 0.25) is 0 Å². The van der Waals surface area contributed by atoms with Crippen molar-refractivity contribution >= 4 is 46.2 Å². The van der Waals surface area contributed by atoms with Gasteiger partial charge in [0.2, 0.25) is 0 Å². The second kappa shape index (κ2) is 8.76. The first kappa shape index (κ1) is 18.5. The van der Waals surface area contributed by atoms with E-state index in [1.807, 2.05) is 11.3 Å². The van der Waals surface area contributed by atoms with Crippen LogP contribution in [0.5, 0.6) is 0 Å². The number of thiophene rings is 1. The van der Waals surface area contributed by atoms with E-state index in [4.69, 9.17) is 0 Å². The van der Waals surface area contributed by atoms with Crippen LogP contribution >= 0.6 is 36.2 Å². The molecule has 2 heterocycles. The van der Waals surface area contributed by atoms with Gasteiger partial charge in [0.1, 0.15) is 0 Å². The molecule has 1 N–H and O–H groups in total. The second-order valence-electron chi connectivity index (χ2n) is 5.01. The summed E-state index contributed by atoms with van der Waals surface area (Å²) in [6, 6.07) is 9.21. The molecule has 1 aromatic carbocycles. The summed E-state index contributed by atoms with van der Waals surface area (Å²) in [4.78, 5) is 2.59. The lowest BCUT2D eigenvalue weighted by molar-refractivity contribution is 0.176. The van der Waals surface area contributed by atoms with Gasteiger partial charge < -0.3 is 5.32 Å². The van der Waals surface area contributed by atoms with Gasteiger partial charge in [-0.25, -0.2) is 0 Å². The molecule has 5 heteroatoms. The fraction of sp³-hybridized carbons (Fsp3) is 0.375. The number of nitrogens with zero attached hydrogens (tertiary/aromatic N) is 1.